The monoisotopic (exact) mass is 279 g/mol. The zero-order chi connectivity index (χ0) is 14.5. The fraction of sp³-hybridized carbons (Fsp3) is 0.250. The SMILES string of the molecule is C[N+]12CC(=O)O[B-]1(c1cc(C=O)ccc1F)OC(=O)C2. The fourth-order valence-corrected chi connectivity index (χ4v) is 2.97. The number of halogens is 1. The summed E-state index contributed by atoms with van der Waals surface area (Å²) in [4.78, 5) is 34.1. The molecule has 1 aromatic carbocycles. The van der Waals surface area contributed by atoms with Gasteiger partial charge in [-0.1, -0.05) is 6.07 Å². The zero-order valence-electron chi connectivity index (χ0n) is 10.7. The Morgan fingerprint density at radius 3 is 2.40 bits per heavy atom. The lowest BCUT2D eigenvalue weighted by Crippen LogP contribution is -2.68. The molecule has 2 aliphatic rings. The maximum Gasteiger partial charge on any atom is 0.617 e. The number of nitrogens with zero attached hydrogens (tertiary/aromatic N) is 1. The van der Waals surface area contributed by atoms with Gasteiger partial charge in [-0.05, 0) is 17.6 Å². The van der Waals surface area contributed by atoms with Crippen LogP contribution >= 0.6 is 0 Å². The summed E-state index contributed by atoms with van der Waals surface area (Å²) in [7, 11) is 1.60. The van der Waals surface area contributed by atoms with Crippen molar-refractivity contribution in [2.75, 3.05) is 20.1 Å². The molecule has 0 aliphatic carbocycles. The first-order valence-corrected chi connectivity index (χ1v) is 6.07. The second-order valence-corrected chi connectivity index (χ2v) is 5.35. The Labute approximate surface area is 113 Å². The molecule has 3 rings (SSSR count). The van der Waals surface area contributed by atoms with E-state index in [2.05, 4.69) is 0 Å². The Morgan fingerprint density at radius 1 is 1.25 bits per heavy atom. The first kappa shape index (κ1) is 12.8. The highest BCUT2D eigenvalue weighted by Crippen LogP contribution is 2.33. The molecule has 0 atom stereocenters. The van der Waals surface area contributed by atoms with E-state index in [1.165, 1.54) is 12.1 Å². The van der Waals surface area contributed by atoms with Crippen LogP contribution in [0.3, 0.4) is 0 Å². The minimum absolute atomic E-state index is 0.0613. The van der Waals surface area contributed by atoms with Gasteiger partial charge in [-0.25, -0.2) is 4.39 Å². The van der Waals surface area contributed by atoms with Crippen molar-refractivity contribution >= 4 is 30.4 Å². The summed E-state index contributed by atoms with van der Waals surface area (Å²) in [5, 5.41) is 0. The number of benzene rings is 1. The first-order valence-electron chi connectivity index (χ1n) is 6.07. The summed E-state index contributed by atoms with van der Waals surface area (Å²) in [5.41, 5.74) is 0.156. The summed E-state index contributed by atoms with van der Waals surface area (Å²) in [6.07, 6.45) is 0.549. The van der Waals surface area contributed by atoms with Crippen LogP contribution in [0.1, 0.15) is 10.4 Å². The molecule has 0 bridgehead atoms. The molecule has 0 unspecified atom stereocenters. The van der Waals surface area contributed by atoms with Gasteiger partial charge in [-0.15, -0.1) is 0 Å². The lowest BCUT2D eigenvalue weighted by atomic mass is 9.60. The second-order valence-electron chi connectivity index (χ2n) is 5.35. The minimum Gasteiger partial charge on any atom is -0.596 e. The number of rotatable bonds is 2. The van der Waals surface area contributed by atoms with E-state index in [4.69, 9.17) is 9.31 Å². The van der Waals surface area contributed by atoms with Crippen LogP contribution in [0, 0.1) is 5.82 Å². The van der Waals surface area contributed by atoms with Crippen LogP contribution in [0.4, 0.5) is 4.39 Å². The van der Waals surface area contributed by atoms with Crippen LogP contribution in [0.25, 0.3) is 0 Å². The average Bonchev–Trinajstić information content (AvgIpc) is 2.74. The summed E-state index contributed by atoms with van der Waals surface area (Å²) < 4.78 is 24.4. The van der Waals surface area contributed by atoms with Crippen molar-refractivity contribution in [1.29, 1.82) is 0 Å². The van der Waals surface area contributed by atoms with E-state index in [0.717, 1.165) is 6.07 Å². The van der Waals surface area contributed by atoms with Crippen molar-refractivity contribution in [1.82, 2.24) is 0 Å². The average molecular weight is 279 g/mol. The molecule has 2 heterocycles. The van der Waals surface area contributed by atoms with E-state index in [1.807, 2.05) is 0 Å². The van der Waals surface area contributed by atoms with Gasteiger partial charge in [0.2, 0.25) is 0 Å². The molecule has 0 radical (unpaired) electrons. The molecule has 0 amide bonds. The maximum absolute atomic E-state index is 14.1. The molecule has 2 aliphatic heterocycles. The Hall–Kier alpha value is -2.22. The predicted octanol–water partition coefficient (Wildman–Crippen LogP) is -0.656. The molecule has 8 heteroatoms. The highest BCUT2D eigenvalue weighted by molar-refractivity contribution is 6.79. The standard InChI is InChI=1S/C12H11BFNO5/c1-15-5-11(17)19-13(15,20-12(18)6-15)9-4-8(7-16)2-3-10(9)14/h2-4,7H,5-6H2,1H3. The van der Waals surface area contributed by atoms with Gasteiger partial charge in [0.25, 0.3) is 0 Å². The molecule has 2 saturated heterocycles. The van der Waals surface area contributed by atoms with E-state index in [9.17, 15) is 18.8 Å². The lowest BCUT2D eigenvalue weighted by molar-refractivity contribution is -0.791. The maximum atomic E-state index is 14.1. The topological polar surface area (TPSA) is 69.7 Å². The van der Waals surface area contributed by atoms with Crippen LogP contribution in [-0.4, -0.2) is 49.4 Å². The predicted molar refractivity (Wildman–Crippen MR) is 65.3 cm³/mol. The van der Waals surface area contributed by atoms with E-state index in [0.29, 0.717) is 6.29 Å². The lowest BCUT2D eigenvalue weighted by Gasteiger charge is -2.40. The van der Waals surface area contributed by atoms with E-state index >= 15 is 0 Å². The number of likely N-dealkylation sites (N-methyl/N-ethyl adjacent to an activating group) is 1. The van der Waals surface area contributed by atoms with Gasteiger partial charge in [0.05, 0.1) is 0 Å². The Bertz CT molecular complexity index is 627. The number of fused-ring (bicyclic) bond motifs is 1. The van der Waals surface area contributed by atoms with Gasteiger partial charge in [0, 0.05) is 12.6 Å². The van der Waals surface area contributed by atoms with Crippen molar-refractivity contribution in [2.45, 2.75) is 0 Å². The van der Waals surface area contributed by atoms with Crippen molar-refractivity contribution < 1.29 is 32.5 Å². The van der Waals surface area contributed by atoms with Crippen molar-refractivity contribution in [3.8, 4) is 0 Å². The van der Waals surface area contributed by atoms with Crippen LogP contribution in [0.2, 0.25) is 0 Å². The smallest absolute Gasteiger partial charge is 0.596 e. The fourth-order valence-electron chi connectivity index (χ4n) is 2.97. The first-order chi connectivity index (χ1) is 9.40. The van der Waals surface area contributed by atoms with Crippen molar-refractivity contribution in [3.63, 3.8) is 0 Å². The molecule has 0 N–H and O–H groups in total. The third-order valence-electron chi connectivity index (χ3n) is 3.93. The van der Waals surface area contributed by atoms with E-state index in [1.54, 1.807) is 7.05 Å². The molecular weight excluding hydrogens is 268 g/mol. The molecular formula is C12H11BFNO5. The van der Waals surface area contributed by atoms with Crippen molar-refractivity contribution in [2.24, 2.45) is 0 Å². The van der Waals surface area contributed by atoms with Gasteiger partial charge in [0.1, 0.15) is 25.2 Å². The Kier molecular flexibility index (Phi) is 2.49. The summed E-state index contributed by atoms with van der Waals surface area (Å²) in [5.74, 6) is -1.80. The Morgan fingerprint density at radius 2 is 1.85 bits per heavy atom. The third kappa shape index (κ3) is 1.51. The molecule has 0 saturated carbocycles. The molecule has 0 aromatic heterocycles. The van der Waals surface area contributed by atoms with E-state index < -0.39 is 24.4 Å². The summed E-state index contributed by atoms with van der Waals surface area (Å²) in [6.45, 7) is -2.78. The largest absolute Gasteiger partial charge is 0.617 e. The summed E-state index contributed by atoms with van der Waals surface area (Å²) >= 11 is 0. The van der Waals surface area contributed by atoms with Gasteiger partial charge < -0.3 is 13.7 Å². The number of quaternary nitrogens is 1. The molecule has 20 heavy (non-hydrogen) atoms. The minimum atomic E-state index is -2.64. The van der Waals surface area contributed by atoms with Gasteiger partial charge in [0.15, 0.2) is 0 Å². The number of aldehydes is 1. The number of carbonyl (C=O) groups is 3. The molecule has 6 nitrogen and oxygen atoms in total. The number of hydrogen-bond donors (Lipinski definition) is 0. The third-order valence-corrected chi connectivity index (χ3v) is 3.93. The molecule has 0 spiro atoms. The highest BCUT2D eigenvalue weighted by Gasteiger charge is 2.67. The van der Waals surface area contributed by atoms with Crippen LogP contribution < -0.4 is 5.46 Å². The van der Waals surface area contributed by atoms with E-state index in [-0.39, 0.29) is 28.5 Å². The molecule has 2 fully saturated rings. The molecule has 1 aromatic rings. The molecule has 104 valence electrons. The van der Waals surface area contributed by atoms with Gasteiger partial charge in [-0.3, -0.25) is 14.4 Å². The quantitative estimate of drug-likeness (QED) is 0.531. The van der Waals surface area contributed by atoms with Crippen molar-refractivity contribution in [3.05, 3.63) is 29.6 Å². The normalized spacial score (nSPS) is 31.7. The number of carbonyl (C=O) groups excluding carboxylic acids is 3. The zero-order valence-corrected chi connectivity index (χ0v) is 10.7. The summed E-state index contributed by atoms with van der Waals surface area (Å²) in [6, 6.07) is 3.66. The second kappa shape index (κ2) is 3.89. The van der Waals surface area contributed by atoms with Gasteiger partial charge >= 0.3 is 18.6 Å². The number of hydrogen-bond acceptors (Lipinski definition) is 5. The van der Waals surface area contributed by atoms with Crippen LogP contribution in [0.15, 0.2) is 18.2 Å². The van der Waals surface area contributed by atoms with Crippen LogP contribution in [0.5, 0.6) is 0 Å². The highest BCUT2D eigenvalue weighted by atomic mass is 19.1. The van der Waals surface area contributed by atoms with Crippen LogP contribution in [-0.2, 0) is 18.9 Å². The Balaban J connectivity index is 2.22. The van der Waals surface area contributed by atoms with Gasteiger partial charge in [-0.2, -0.15) is 0 Å².